The fraction of sp³-hybridized carbons (Fsp3) is 0.560. The Hall–Kier alpha value is -2.47. The minimum absolute atomic E-state index is 0.120. The fourth-order valence-corrected chi connectivity index (χ4v) is 5.26. The molecule has 1 aromatic heterocycles. The van der Waals surface area contributed by atoms with E-state index in [1.165, 1.54) is 31.2 Å². The summed E-state index contributed by atoms with van der Waals surface area (Å²) in [5, 5.41) is 0. The number of hydrogen-bond donors (Lipinski definition) is 1. The van der Waals surface area contributed by atoms with E-state index >= 15 is 0 Å². The first-order chi connectivity index (χ1) is 15.0. The number of hydrogen-bond acceptors (Lipinski definition) is 5. The Morgan fingerprint density at radius 3 is 2.55 bits per heavy atom. The highest BCUT2D eigenvalue weighted by molar-refractivity contribution is 6.00. The summed E-state index contributed by atoms with van der Waals surface area (Å²) in [6.07, 6.45) is 9.61. The Balaban J connectivity index is 1.39. The van der Waals surface area contributed by atoms with Gasteiger partial charge in [-0.2, -0.15) is 0 Å². The lowest BCUT2D eigenvalue weighted by molar-refractivity contribution is -0.120. The van der Waals surface area contributed by atoms with Gasteiger partial charge in [-0.1, -0.05) is 31.0 Å². The van der Waals surface area contributed by atoms with Gasteiger partial charge in [-0.05, 0) is 70.2 Å². The first-order valence-electron chi connectivity index (χ1n) is 11.8. The minimum atomic E-state index is -0.296. The van der Waals surface area contributed by atoms with E-state index in [9.17, 15) is 4.79 Å². The van der Waals surface area contributed by atoms with Crippen LogP contribution in [0, 0.1) is 0 Å². The lowest BCUT2D eigenvalue weighted by Crippen LogP contribution is -2.44. The topological polar surface area (TPSA) is 75.3 Å². The molecule has 1 amide bonds. The number of aromatic nitrogens is 2. The maximum Gasteiger partial charge on any atom is 0.236 e. The highest BCUT2D eigenvalue weighted by Gasteiger charge is 2.34. The summed E-state index contributed by atoms with van der Waals surface area (Å²) in [5.41, 5.74) is 8.74. The van der Waals surface area contributed by atoms with Gasteiger partial charge in [-0.25, -0.2) is 9.97 Å². The first kappa shape index (κ1) is 21.8. The molecule has 2 N–H and O–H groups in total. The van der Waals surface area contributed by atoms with Gasteiger partial charge in [-0.3, -0.25) is 9.69 Å². The molecule has 1 aromatic carbocycles. The molecule has 166 valence electrons. The molecule has 2 aliphatic heterocycles. The number of anilines is 2. The van der Waals surface area contributed by atoms with Crippen LogP contribution in [0.5, 0.6) is 0 Å². The lowest BCUT2D eigenvalue weighted by Gasteiger charge is -2.39. The molecule has 31 heavy (non-hydrogen) atoms. The summed E-state index contributed by atoms with van der Waals surface area (Å²) in [7, 11) is 0. The average molecular weight is 422 g/mol. The van der Waals surface area contributed by atoms with E-state index in [0.29, 0.717) is 24.2 Å². The number of rotatable bonds is 7. The maximum atomic E-state index is 13.4. The van der Waals surface area contributed by atoms with Crippen molar-refractivity contribution in [1.29, 1.82) is 0 Å². The lowest BCUT2D eigenvalue weighted by atomic mass is 9.89. The zero-order chi connectivity index (χ0) is 21.8. The van der Waals surface area contributed by atoms with Crippen LogP contribution in [0.25, 0.3) is 0 Å². The van der Waals surface area contributed by atoms with Crippen molar-refractivity contribution < 1.29 is 4.79 Å². The smallest absolute Gasteiger partial charge is 0.236 e. The van der Waals surface area contributed by atoms with Crippen LogP contribution in [0.1, 0.15) is 69.5 Å². The highest BCUT2D eigenvalue weighted by atomic mass is 16.2. The van der Waals surface area contributed by atoms with Gasteiger partial charge in [0.25, 0.3) is 0 Å². The number of piperidine rings is 1. The van der Waals surface area contributed by atoms with E-state index < -0.39 is 0 Å². The van der Waals surface area contributed by atoms with E-state index in [0.717, 1.165) is 31.6 Å². The van der Waals surface area contributed by atoms with Gasteiger partial charge < -0.3 is 10.6 Å². The molecule has 3 heterocycles. The molecule has 0 radical (unpaired) electrons. The Morgan fingerprint density at radius 2 is 1.77 bits per heavy atom. The summed E-state index contributed by atoms with van der Waals surface area (Å²) in [5.74, 6) is 0.0437. The molecule has 0 spiro atoms. The van der Waals surface area contributed by atoms with Gasteiger partial charge in [0.2, 0.25) is 11.9 Å². The summed E-state index contributed by atoms with van der Waals surface area (Å²) in [6, 6.07) is 11.4. The van der Waals surface area contributed by atoms with Crippen molar-refractivity contribution in [2.24, 2.45) is 0 Å². The molecular formula is C25H35N5O. The van der Waals surface area contributed by atoms with E-state index in [-0.39, 0.29) is 17.8 Å². The SMILES string of the molecule is C[C@@H]1CCC[C@H](C)N1CCCCCN1C(=O)C(c2ccnc(N)n2)Cc2ccccc21. The third kappa shape index (κ3) is 4.90. The van der Waals surface area contributed by atoms with Crippen LogP contribution in [0.3, 0.4) is 0 Å². The zero-order valence-electron chi connectivity index (χ0n) is 18.8. The van der Waals surface area contributed by atoms with Gasteiger partial charge in [0.05, 0.1) is 11.6 Å². The Kier molecular flexibility index (Phi) is 6.86. The van der Waals surface area contributed by atoms with Crippen molar-refractivity contribution in [1.82, 2.24) is 14.9 Å². The normalized spacial score (nSPS) is 24.3. The number of amides is 1. The molecular weight excluding hydrogens is 386 g/mol. The molecule has 0 saturated carbocycles. The van der Waals surface area contributed by atoms with Crippen LogP contribution in [0.2, 0.25) is 0 Å². The van der Waals surface area contributed by atoms with Crippen LogP contribution in [-0.2, 0) is 11.2 Å². The van der Waals surface area contributed by atoms with E-state index in [4.69, 9.17) is 5.73 Å². The standard InChI is InChI=1S/C25H35N5O/c1-18-9-8-10-19(2)29(18)15-6-3-7-16-30-23-12-5-4-11-20(23)17-21(24(30)31)22-13-14-27-25(26)28-22/h4-5,11-14,18-19,21H,3,6-10,15-17H2,1-2H3,(H2,26,27,28)/t18-,19+,21?. The summed E-state index contributed by atoms with van der Waals surface area (Å²) >= 11 is 0. The highest BCUT2D eigenvalue weighted by Crippen LogP contribution is 2.35. The van der Waals surface area contributed by atoms with Gasteiger partial charge in [0.1, 0.15) is 0 Å². The molecule has 0 aliphatic carbocycles. The number of nitrogens with two attached hydrogens (primary N) is 1. The van der Waals surface area contributed by atoms with Crippen LogP contribution in [0.15, 0.2) is 36.5 Å². The monoisotopic (exact) mass is 421 g/mol. The number of fused-ring (bicyclic) bond motifs is 1. The third-order valence-corrected chi connectivity index (χ3v) is 7.00. The third-order valence-electron chi connectivity index (χ3n) is 7.00. The van der Waals surface area contributed by atoms with Crippen molar-refractivity contribution in [2.45, 2.75) is 76.8 Å². The largest absolute Gasteiger partial charge is 0.368 e. The van der Waals surface area contributed by atoms with Crippen molar-refractivity contribution in [3.63, 3.8) is 0 Å². The molecule has 0 bridgehead atoms. The number of likely N-dealkylation sites (tertiary alicyclic amines) is 1. The van der Waals surface area contributed by atoms with Crippen LogP contribution < -0.4 is 10.6 Å². The summed E-state index contributed by atoms with van der Waals surface area (Å²) < 4.78 is 0. The molecule has 2 aromatic rings. The van der Waals surface area contributed by atoms with Gasteiger partial charge in [0.15, 0.2) is 0 Å². The molecule has 6 heteroatoms. The van der Waals surface area contributed by atoms with E-state index in [1.807, 2.05) is 23.1 Å². The zero-order valence-corrected chi connectivity index (χ0v) is 18.8. The number of unbranched alkanes of at least 4 members (excludes halogenated alkanes) is 2. The Bertz CT molecular complexity index is 891. The predicted molar refractivity (Wildman–Crippen MR) is 125 cm³/mol. The predicted octanol–water partition coefficient (Wildman–Crippen LogP) is 4.16. The number of carbonyl (C=O) groups excluding carboxylic acids is 1. The minimum Gasteiger partial charge on any atom is -0.368 e. The van der Waals surface area contributed by atoms with Crippen molar-refractivity contribution in [3.8, 4) is 0 Å². The van der Waals surface area contributed by atoms with Crippen molar-refractivity contribution in [3.05, 3.63) is 47.8 Å². The first-order valence-corrected chi connectivity index (χ1v) is 11.8. The molecule has 6 nitrogen and oxygen atoms in total. The quantitative estimate of drug-likeness (QED) is 0.679. The second kappa shape index (κ2) is 9.77. The number of nitrogen functional groups attached to an aromatic ring is 1. The van der Waals surface area contributed by atoms with Gasteiger partial charge in [0, 0.05) is 30.5 Å². The number of carbonyl (C=O) groups is 1. The molecule has 4 rings (SSSR count). The van der Waals surface area contributed by atoms with E-state index in [1.54, 1.807) is 6.20 Å². The molecule has 1 unspecified atom stereocenters. The van der Waals surface area contributed by atoms with Crippen molar-refractivity contribution in [2.75, 3.05) is 23.7 Å². The van der Waals surface area contributed by atoms with Crippen molar-refractivity contribution >= 4 is 17.5 Å². The summed E-state index contributed by atoms with van der Waals surface area (Å²) in [4.78, 5) is 26.4. The Labute approximate surface area is 185 Å². The van der Waals surface area contributed by atoms with Crippen LogP contribution in [-0.4, -0.2) is 45.9 Å². The van der Waals surface area contributed by atoms with Crippen LogP contribution in [0.4, 0.5) is 11.6 Å². The second-order valence-corrected chi connectivity index (χ2v) is 9.14. The molecule has 1 saturated heterocycles. The van der Waals surface area contributed by atoms with Crippen LogP contribution >= 0.6 is 0 Å². The number of nitrogens with zero attached hydrogens (tertiary/aromatic N) is 4. The molecule has 2 aliphatic rings. The average Bonchev–Trinajstić information content (AvgIpc) is 2.76. The van der Waals surface area contributed by atoms with Gasteiger partial charge in [-0.15, -0.1) is 0 Å². The number of benzene rings is 1. The van der Waals surface area contributed by atoms with Gasteiger partial charge >= 0.3 is 0 Å². The van der Waals surface area contributed by atoms with E-state index in [2.05, 4.69) is 40.8 Å². The Morgan fingerprint density at radius 1 is 1.03 bits per heavy atom. The second-order valence-electron chi connectivity index (χ2n) is 9.14. The molecule has 3 atom stereocenters. The number of para-hydroxylation sites is 1. The maximum absolute atomic E-state index is 13.4. The summed E-state index contributed by atoms with van der Waals surface area (Å²) in [6.45, 7) is 6.63. The fourth-order valence-electron chi connectivity index (χ4n) is 5.26. The molecule has 1 fully saturated rings.